The first-order valence-corrected chi connectivity index (χ1v) is 4.38. The highest BCUT2D eigenvalue weighted by atomic mass is 79.9. The van der Waals surface area contributed by atoms with Crippen LogP contribution in [0, 0.1) is 0 Å². The molecule has 0 aromatic carbocycles. The molecule has 0 aliphatic carbocycles. The molecule has 4 nitrogen and oxygen atoms in total. The second-order valence-corrected chi connectivity index (χ2v) is 3.46. The van der Waals surface area contributed by atoms with E-state index in [1.165, 1.54) is 0 Å². The smallest absolute Gasteiger partial charge is 0.199 e. The molecule has 2 aromatic rings. The Morgan fingerprint density at radius 1 is 1.27 bits per heavy atom. The van der Waals surface area contributed by atoms with Crippen LogP contribution in [0.25, 0.3) is 11.3 Å². The number of nitrogens with one attached hydrogen (secondary N) is 1. The minimum Gasteiger partial charge on any atom is -0.316 e. The van der Waals surface area contributed by atoms with Crippen LogP contribution < -0.4 is 0 Å². The minimum absolute atomic E-state index is 0.603. The maximum atomic E-state index is 4.08. The van der Waals surface area contributed by atoms with Crippen LogP contribution in [0.3, 0.4) is 0 Å². The van der Waals surface area contributed by atoms with E-state index in [1.807, 2.05) is 0 Å². The van der Waals surface area contributed by atoms with Gasteiger partial charge in [0, 0.05) is 0 Å². The van der Waals surface area contributed by atoms with Gasteiger partial charge in [-0.05, 0) is 31.9 Å². The number of rotatable bonds is 0. The molecule has 0 atom stereocenters. The number of hydrogen-bond acceptors (Lipinski definition) is 3. The van der Waals surface area contributed by atoms with E-state index >= 15 is 0 Å². The summed E-state index contributed by atoms with van der Waals surface area (Å²) in [5, 5.41) is 0. The van der Waals surface area contributed by atoms with Gasteiger partial charge in [-0.15, -0.1) is 0 Å². The number of fused-ring (bicyclic) bond motifs is 1. The van der Waals surface area contributed by atoms with Gasteiger partial charge < -0.3 is 4.98 Å². The SMILES string of the molecule is Brc1cnc2[nH]c(Br)nc2n1. The molecule has 1 N–H and O–H groups in total. The Morgan fingerprint density at radius 2 is 2.09 bits per heavy atom. The molecule has 0 aliphatic heterocycles. The molecule has 0 aliphatic rings. The summed E-state index contributed by atoms with van der Waals surface area (Å²) in [6, 6.07) is 0. The Hall–Kier alpha value is -0.490. The molecular weight excluding hydrogens is 276 g/mol. The van der Waals surface area contributed by atoms with Gasteiger partial charge in [0.2, 0.25) is 0 Å². The van der Waals surface area contributed by atoms with Crippen LogP contribution in [0.4, 0.5) is 0 Å². The van der Waals surface area contributed by atoms with Crippen LogP contribution in [0.1, 0.15) is 0 Å². The van der Waals surface area contributed by atoms with E-state index in [2.05, 4.69) is 51.8 Å². The van der Waals surface area contributed by atoms with Gasteiger partial charge >= 0.3 is 0 Å². The third-order valence-corrected chi connectivity index (χ3v) is 1.91. The summed E-state index contributed by atoms with van der Waals surface area (Å²) in [7, 11) is 0. The fourth-order valence-electron chi connectivity index (χ4n) is 0.743. The van der Waals surface area contributed by atoms with Gasteiger partial charge in [0.05, 0.1) is 6.20 Å². The summed E-state index contributed by atoms with van der Waals surface area (Å²) < 4.78 is 1.33. The van der Waals surface area contributed by atoms with Crippen LogP contribution >= 0.6 is 31.9 Å². The number of H-pyrrole nitrogens is 1. The molecule has 0 spiro atoms. The van der Waals surface area contributed by atoms with Gasteiger partial charge in [-0.3, -0.25) is 0 Å². The lowest BCUT2D eigenvalue weighted by molar-refractivity contribution is 1.22. The van der Waals surface area contributed by atoms with Crippen molar-refractivity contribution in [1.29, 1.82) is 0 Å². The van der Waals surface area contributed by atoms with E-state index in [4.69, 9.17) is 0 Å². The molecule has 6 heteroatoms. The average molecular weight is 278 g/mol. The zero-order valence-corrected chi connectivity index (χ0v) is 8.35. The molecular formula is C5H2Br2N4. The highest BCUT2D eigenvalue weighted by Gasteiger charge is 2.01. The molecule has 56 valence electrons. The Bertz CT molecular complexity index is 396. The van der Waals surface area contributed by atoms with Crippen LogP contribution in [-0.2, 0) is 0 Å². The molecule has 2 aromatic heterocycles. The molecule has 0 unspecified atom stereocenters. The Morgan fingerprint density at radius 3 is 2.91 bits per heavy atom. The van der Waals surface area contributed by atoms with E-state index in [9.17, 15) is 0 Å². The summed E-state index contributed by atoms with van der Waals surface area (Å²) in [4.78, 5) is 15.1. The van der Waals surface area contributed by atoms with Crippen LogP contribution in [0.15, 0.2) is 15.5 Å². The fraction of sp³-hybridized carbons (Fsp3) is 0. The zero-order chi connectivity index (χ0) is 7.84. The fourth-order valence-corrected chi connectivity index (χ4v) is 1.37. The van der Waals surface area contributed by atoms with E-state index < -0.39 is 0 Å². The molecule has 0 amide bonds. The lowest BCUT2D eigenvalue weighted by Crippen LogP contribution is -1.81. The summed E-state index contributed by atoms with van der Waals surface area (Å²) in [5.41, 5.74) is 1.28. The Labute approximate surface area is 78.7 Å². The first-order chi connectivity index (χ1) is 5.25. The van der Waals surface area contributed by atoms with Gasteiger partial charge in [0.15, 0.2) is 16.0 Å². The molecule has 2 rings (SSSR count). The van der Waals surface area contributed by atoms with Crippen molar-refractivity contribution in [3.05, 3.63) is 15.5 Å². The first kappa shape index (κ1) is 7.17. The van der Waals surface area contributed by atoms with Crippen molar-refractivity contribution in [3.63, 3.8) is 0 Å². The number of halogens is 2. The van der Waals surface area contributed by atoms with Gasteiger partial charge in [-0.2, -0.15) is 0 Å². The Kier molecular flexibility index (Phi) is 1.65. The predicted molar refractivity (Wildman–Crippen MR) is 47.1 cm³/mol. The maximum Gasteiger partial charge on any atom is 0.199 e. The van der Waals surface area contributed by atoms with E-state index in [-0.39, 0.29) is 0 Å². The van der Waals surface area contributed by atoms with Crippen molar-refractivity contribution >= 4 is 43.2 Å². The normalized spacial score (nSPS) is 10.7. The van der Waals surface area contributed by atoms with Crippen molar-refractivity contribution in [1.82, 2.24) is 19.9 Å². The van der Waals surface area contributed by atoms with Crippen molar-refractivity contribution < 1.29 is 0 Å². The second kappa shape index (κ2) is 2.53. The first-order valence-electron chi connectivity index (χ1n) is 2.79. The molecule has 11 heavy (non-hydrogen) atoms. The number of aromatic nitrogens is 4. The number of nitrogens with zero attached hydrogens (tertiary/aromatic N) is 3. The molecule has 0 bridgehead atoms. The molecule has 0 saturated carbocycles. The molecule has 0 radical (unpaired) electrons. The van der Waals surface area contributed by atoms with Gasteiger partial charge in [-0.1, -0.05) is 0 Å². The summed E-state index contributed by atoms with van der Waals surface area (Å²) in [6.07, 6.45) is 1.62. The third kappa shape index (κ3) is 1.28. The molecule has 0 saturated heterocycles. The van der Waals surface area contributed by atoms with E-state index in [0.717, 1.165) is 0 Å². The largest absolute Gasteiger partial charge is 0.316 e. The van der Waals surface area contributed by atoms with Crippen molar-refractivity contribution in [2.75, 3.05) is 0 Å². The van der Waals surface area contributed by atoms with Gasteiger partial charge in [0.1, 0.15) is 4.60 Å². The topological polar surface area (TPSA) is 54.5 Å². The summed E-state index contributed by atoms with van der Waals surface area (Å²) in [6.45, 7) is 0. The maximum absolute atomic E-state index is 4.08. The van der Waals surface area contributed by atoms with E-state index in [1.54, 1.807) is 6.20 Å². The quantitative estimate of drug-likeness (QED) is 0.800. The third-order valence-electron chi connectivity index (χ3n) is 1.15. The van der Waals surface area contributed by atoms with E-state index in [0.29, 0.717) is 20.6 Å². The van der Waals surface area contributed by atoms with Crippen molar-refractivity contribution in [2.45, 2.75) is 0 Å². The van der Waals surface area contributed by atoms with Crippen molar-refractivity contribution in [3.8, 4) is 0 Å². The summed E-state index contributed by atoms with van der Waals surface area (Å²) >= 11 is 6.39. The highest BCUT2D eigenvalue weighted by molar-refractivity contribution is 9.10. The monoisotopic (exact) mass is 276 g/mol. The van der Waals surface area contributed by atoms with Crippen molar-refractivity contribution in [2.24, 2.45) is 0 Å². The van der Waals surface area contributed by atoms with Gasteiger partial charge in [0.25, 0.3) is 0 Å². The van der Waals surface area contributed by atoms with Gasteiger partial charge in [-0.25, -0.2) is 15.0 Å². The second-order valence-electron chi connectivity index (χ2n) is 1.89. The number of hydrogen-bond donors (Lipinski definition) is 1. The lowest BCUT2D eigenvalue weighted by atomic mass is 10.7. The number of imidazole rings is 1. The standard InChI is InChI=1S/C5H2Br2N4/c6-2-1-8-3-4(9-2)11-5(7)10-3/h1H,(H,8,9,10,11). The van der Waals surface area contributed by atoms with Crippen LogP contribution in [0.2, 0.25) is 0 Å². The average Bonchev–Trinajstić information content (AvgIpc) is 2.27. The predicted octanol–water partition coefficient (Wildman–Crippen LogP) is 1.88. The van der Waals surface area contributed by atoms with Crippen LogP contribution in [0.5, 0.6) is 0 Å². The highest BCUT2D eigenvalue weighted by Crippen LogP contribution is 2.12. The lowest BCUT2D eigenvalue weighted by Gasteiger charge is -1.85. The van der Waals surface area contributed by atoms with Crippen LogP contribution in [-0.4, -0.2) is 19.9 Å². The summed E-state index contributed by atoms with van der Waals surface area (Å²) in [5.74, 6) is 0. The molecule has 2 heterocycles. The molecule has 0 fully saturated rings. The Balaban J connectivity index is 2.82. The minimum atomic E-state index is 0.603. The zero-order valence-electron chi connectivity index (χ0n) is 5.17. The number of aromatic amines is 1.